The molecule has 3 aromatic rings. The molecule has 1 fully saturated rings. The molecule has 2 aliphatic rings. The number of nitrogens with one attached hydrogen (secondary N) is 2. The summed E-state index contributed by atoms with van der Waals surface area (Å²) in [6, 6.07) is 18.6. The molecule has 1 saturated carbocycles. The summed E-state index contributed by atoms with van der Waals surface area (Å²) < 4.78 is 19.7. The Balaban J connectivity index is 1.50. The van der Waals surface area contributed by atoms with Crippen molar-refractivity contribution in [2.75, 3.05) is 10.2 Å². The Hall–Kier alpha value is -4.24. The molecule has 3 aromatic carbocycles. The SMILES string of the molecule is CC(Oc1ccccc1)C(=O)N1c2ccc(C(=O)NC3CCCCC3N)cc2NC(=O)CC1c1ccc(F)cc1. The fraction of sp³-hybridized carbons (Fsp3) is 0.323. The number of para-hydroxylation sites is 1. The Morgan fingerprint density at radius 2 is 1.77 bits per heavy atom. The maximum absolute atomic E-state index is 14.0. The van der Waals surface area contributed by atoms with Crippen LogP contribution in [0.5, 0.6) is 5.75 Å². The quantitative estimate of drug-likeness (QED) is 0.416. The molecule has 5 rings (SSSR count). The van der Waals surface area contributed by atoms with Gasteiger partial charge in [0.05, 0.1) is 23.8 Å². The number of benzene rings is 3. The molecule has 0 radical (unpaired) electrons. The van der Waals surface area contributed by atoms with Gasteiger partial charge in [-0.05, 0) is 67.8 Å². The number of carbonyl (C=O) groups is 3. The molecule has 0 saturated heterocycles. The van der Waals surface area contributed by atoms with Gasteiger partial charge in [0.2, 0.25) is 5.91 Å². The first-order valence-electron chi connectivity index (χ1n) is 13.6. The van der Waals surface area contributed by atoms with Gasteiger partial charge in [0, 0.05) is 17.6 Å². The molecule has 4 N–H and O–H groups in total. The molecule has 3 amide bonds. The van der Waals surface area contributed by atoms with E-state index in [1.54, 1.807) is 49.4 Å². The molecule has 0 spiro atoms. The Morgan fingerprint density at radius 1 is 1.05 bits per heavy atom. The second-order valence-electron chi connectivity index (χ2n) is 10.4. The second kappa shape index (κ2) is 11.9. The summed E-state index contributed by atoms with van der Waals surface area (Å²) >= 11 is 0. The fourth-order valence-corrected chi connectivity index (χ4v) is 5.39. The van der Waals surface area contributed by atoms with Crippen LogP contribution in [0.2, 0.25) is 0 Å². The smallest absolute Gasteiger partial charge is 0.268 e. The van der Waals surface area contributed by atoms with Crippen LogP contribution in [0.15, 0.2) is 72.8 Å². The average molecular weight is 545 g/mol. The predicted molar refractivity (Wildman–Crippen MR) is 151 cm³/mol. The van der Waals surface area contributed by atoms with Crippen LogP contribution in [0.1, 0.15) is 61.0 Å². The zero-order chi connectivity index (χ0) is 28.2. The van der Waals surface area contributed by atoms with Crippen molar-refractivity contribution in [3.8, 4) is 5.75 Å². The van der Waals surface area contributed by atoms with Crippen molar-refractivity contribution in [2.24, 2.45) is 5.73 Å². The van der Waals surface area contributed by atoms with Crippen LogP contribution >= 0.6 is 0 Å². The van der Waals surface area contributed by atoms with Crippen LogP contribution in [0.3, 0.4) is 0 Å². The van der Waals surface area contributed by atoms with Crippen LogP contribution in [0, 0.1) is 5.82 Å². The number of amides is 3. The minimum absolute atomic E-state index is 0.0669. The Morgan fingerprint density at radius 3 is 2.50 bits per heavy atom. The normalized spacial score (nSPS) is 21.4. The minimum atomic E-state index is -0.901. The summed E-state index contributed by atoms with van der Waals surface area (Å²) in [5.41, 5.74) is 7.90. The highest BCUT2D eigenvalue weighted by molar-refractivity contribution is 6.07. The third kappa shape index (κ3) is 5.99. The van der Waals surface area contributed by atoms with Crippen molar-refractivity contribution < 1.29 is 23.5 Å². The highest BCUT2D eigenvalue weighted by Gasteiger charge is 2.37. The number of halogens is 1. The fourth-order valence-electron chi connectivity index (χ4n) is 5.39. The van der Waals surface area contributed by atoms with E-state index in [2.05, 4.69) is 10.6 Å². The molecule has 4 atom stereocenters. The van der Waals surface area contributed by atoms with Crippen LogP contribution in [-0.2, 0) is 9.59 Å². The van der Waals surface area contributed by atoms with Gasteiger partial charge in [-0.15, -0.1) is 0 Å². The lowest BCUT2D eigenvalue weighted by molar-refractivity contribution is -0.125. The maximum atomic E-state index is 14.0. The summed E-state index contributed by atoms with van der Waals surface area (Å²) in [6.45, 7) is 1.64. The standard InChI is InChI=1S/C31H33FN4O4/c1-19(40-23-7-3-2-4-8-23)31(39)36-27-16-13-21(30(38)35-25-10-6-5-9-24(25)33)17-26(27)34-29(37)18-28(36)20-11-14-22(32)15-12-20/h2-4,7-8,11-17,19,24-25,28H,5-6,9-10,18,33H2,1H3,(H,34,37)(H,35,38). The van der Waals surface area contributed by atoms with E-state index in [4.69, 9.17) is 10.5 Å². The van der Waals surface area contributed by atoms with Gasteiger partial charge in [-0.3, -0.25) is 19.3 Å². The van der Waals surface area contributed by atoms with Gasteiger partial charge in [-0.2, -0.15) is 0 Å². The van der Waals surface area contributed by atoms with E-state index in [1.807, 2.05) is 18.2 Å². The van der Waals surface area contributed by atoms with Gasteiger partial charge in [-0.25, -0.2) is 4.39 Å². The van der Waals surface area contributed by atoms with Gasteiger partial charge < -0.3 is 21.1 Å². The van der Waals surface area contributed by atoms with E-state index >= 15 is 0 Å². The molecular weight excluding hydrogens is 511 g/mol. The minimum Gasteiger partial charge on any atom is -0.481 e. The topological polar surface area (TPSA) is 114 Å². The van der Waals surface area contributed by atoms with E-state index in [-0.39, 0.29) is 36.2 Å². The highest BCUT2D eigenvalue weighted by Crippen LogP contribution is 2.39. The molecule has 40 heavy (non-hydrogen) atoms. The van der Waals surface area contributed by atoms with Crippen LogP contribution < -0.4 is 26.0 Å². The predicted octanol–water partition coefficient (Wildman–Crippen LogP) is 4.71. The number of ether oxygens (including phenoxy) is 1. The van der Waals surface area contributed by atoms with Crippen molar-refractivity contribution >= 4 is 29.1 Å². The van der Waals surface area contributed by atoms with Crippen LogP contribution in [0.4, 0.5) is 15.8 Å². The number of fused-ring (bicyclic) bond motifs is 1. The largest absolute Gasteiger partial charge is 0.481 e. The van der Waals surface area contributed by atoms with E-state index < -0.39 is 18.0 Å². The first-order chi connectivity index (χ1) is 19.3. The number of nitrogens with two attached hydrogens (primary N) is 1. The van der Waals surface area contributed by atoms with Crippen LogP contribution in [-0.4, -0.2) is 35.9 Å². The first-order valence-corrected chi connectivity index (χ1v) is 13.6. The van der Waals surface area contributed by atoms with Gasteiger partial charge in [0.25, 0.3) is 11.8 Å². The Labute approximate surface area is 232 Å². The molecule has 1 aliphatic heterocycles. The Kier molecular flexibility index (Phi) is 8.11. The average Bonchev–Trinajstić information content (AvgIpc) is 3.10. The number of hydrogen-bond acceptors (Lipinski definition) is 5. The number of nitrogens with zero attached hydrogens (tertiary/aromatic N) is 1. The van der Waals surface area contributed by atoms with E-state index in [1.165, 1.54) is 17.0 Å². The third-order valence-electron chi connectivity index (χ3n) is 7.51. The van der Waals surface area contributed by atoms with E-state index in [9.17, 15) is 18.8 Å². The summed E-state index contributed by atoms with van der Waals surface area (Å²) in [4.78, 5) is 41.7. The monoisotopic (exact) mass is 544 g/mol. The number of rotatable bonds is 6. The Bertz CT molecular complexity index is 1380. The molecule has 9 heteroatoms. The zero-order valence-corrected chi connectivity index (χ0v) is 22.3. The lowest BCUT2D eigenvalue weighted by atomic mass is 9.91. The summed E-state index contributed by atoms with van der Waals surface area (Å²) in [6.07, 6.45) is 2.75. The van der Waals surface area contributed by atoms with Crippen molar-refractivity contribution in [3.05, 3.63) is 89.7 Å². The number of anilines is 2. The van der Waals surface area contributed by atoms with Crippen molar-refractivity contribution in [1.82, 2.24) is 5.32 Å². The molecule has 1 aliphatic carbocycles. The molecular formula is C31H33FN4O4. The van der Waals surface area contributed by atoms with Gasteiger partial charge in [0.15, 0.2) is 6.10 Å². The van der Waals surface area contributed by atoms with E-state index in [0.717, 1.165) is 25.7 Å². The second-order valence-corrected chi connectivity index (χ2v) is 10.4. The summed E-state index contributed by atoms with van der Waals surface area (Å²) in [5.74, 6) is -0.916. The molecule has 1 heterocycles. The lowest BCUT2D eigenvalue weighted by Gasteiger charge is -2.33. The number of carbonyl (C=O) groups excluding carboxylic acids is 3. The van der Waals surface area contributed by atoms with Gasteiger partial charge in [-0.1, -0.05) is 43.2 Å². The number of hydrogen-bond donors (Lipinski definition) is 3. The zero-order valence-electron chi connectivity index (χ0n) is 22.3. The maximum Gasteiger partial charge on any atom is 0.268 e. The van der Waals surface area contributed by atoms with Crippen molar-refractivity contribution in [1.29, 1.82) is 0 Å². The molecule has 4 unspecified atom stereocenters. The summed E-state index contributed by atoms with van der Waals surface area (Å²) in [5, 5.41) is 5.89. The lowest BCUT2D eigenvalue weighted by Crippen LogP contribution is -2.49. The van der Waals surface area contributed by atoms with Gasteiger partial charge >= 0.3 is 0 Å². The highest BCUT2D eigenvalue weighted by atomic mass is 19.1. The molecule has 8 nitrogen and oxygen atoms in total. The summed E-state index contributed by atoms with van der Waals surface area (Å²) in [7, 11) is 0. The van der Waals surface area contributed by atoms with Crippen molar-refractivity contribution in [2.45, 2.75) is 63.3 Å². The molecule has 0 aromatic heterocycles. The third-order valence-corrected chi connectivity index (χ3v) is 7.51. The van der Waals surface area contributed by atoms with Gasteiger partial charge in [0.1, 0.15) is 11.6 Å². The van der Waals surface area contributed by atoms with E-state index in [0.29, 0.717) is 28.3 Å². The molecule has 0 bridgehead atoms. The van der Waals surface area contributed by atoms with Crippen molar-refractivity contribution in [3.63, 3.8) is 0 Å². The molecule has 208 valence electrons. The first kappa shape index (κ1) is 27.3. The van der Waals surface area contributed by atoms with Crippen LogP contribution in [0.25, 0.3) is 0 Å².